The number of hydrogen-bond acceptors (Lipinski definition) is 3. The first-order valence-electron chi connectivity index (χ1n) is 21.9. The zero-order chi connectivity index (χ0) is 42.7. The van der Waals surface area contributed by atoms with Crippen LogP contribution in [0.2, 0.25) is 0 Å². The fraction of sp³-hybridized carbons (Fsp3) is 0.186. The predicted molar refractivity (Wildman–Crippen MR) is 262 cm³/mol. The van der Waals surface area contributed by atoms with Crippen molar-refractivity contribution in [1.82, 2.24) is 0 Å². The fourth-order valence-electron chi connectivity index (χ4n) is 9.87. The summed E-state index contributed by atoms with van der Waals surface area (Å²) in [5.74, 6) is 0. The van der Waals surface area contributed by atoms with Crippen LogP contribution in [0.1, 0.15) is 77.6 Å². The van der Waals surface area contributed by atoms with E-state index in [1.807, 2.05) is 6.07 Å². The van der Waals surface area contributed by atoms with E-state index < -0.39 is 0 Å². The van der Waals surface area contributed by atoms with Gasteiger partial charge in [-0.3, -0.25) is 0 Å². The molecule has 0 amide bonds. The quantitative estimate of drug-likeness (QED) is 0.174. The van der Waals surface area contributed by atoms with Crippen molar-refractivity contribution in [3.05, 3.63) is 186 Å². The third kappa shape index (κ3) is 6.01. The smallest absolute Gasteiger partial charge is 0.138 e. The van der Waals surface area contributed by atoms with Crippen LogP contribution in [-0.4, -0.2) is 0 Å². The number of para-hydroxylation sites is 2. The van der Waals surface area contributed by atoms with Gasteiger partial charge in [0.05, 0.1) is 22.1 Å². The maximum absolute atomic E-state index is 6.81. The molecule has 0 saturated heterocycles. The Labute approximate surface area is 364 Å². The Hall–Kier alpha value is -6.84. The summed E-state index contributed by atoms with van der Waals surface area (Å²) >= 11 is 0. The Kier molecular flexibility index (Phi) is 8.35. The van der Waals surface area contributed by atoms with Crippen molar-refractivity contribution in [1.29, 1.82) is 0 Å². The summed E-state index contributed by atoms with van der Waals surface area (Å²) in [4.78, 5) is 2.46. The lowest BCUT2D eigenvalue weighted by Crippen LogP contribution is -2.16. The Morgan fingerprint density at radius 3 is 1.58 bits per heavy atom. The van der Waals surface area contributed by atoms with Gasteiger partial charge in [-0.1, -0.05) is 171 Å². The molecule has 304 valence electrons. The molecule has 0 saturated carbocycles. The molecule has 0 radical (unpaired) electrons. The third-order valence-electron chi connectivity index (χ3n) is 13.4. The highest BCUT2D eigenvalue weighted by Crippen LogP contribution is 2.53. The van der Waals surface area contributed by atoms with Gasteiger partial charge in [0.15, 0.2) is 0 Å². The summed E-state index contributed by atoms with van der Waals surface area (Å²) in [6, 6.07) is 60.0. The number of nitrogens with zero attached hydrogens (tertiary/aromatic N) is 1. The first-order chi connectivity index (χ1) is 29.7. The maximum atomic E-state index is 6.81. The molecule has 0 unspecified atom stereocenters. The van der Waals surface area contributed by atoms with E-state index in [0.29, 0.717) is 0 Å². The van der Waals surface area contributed by atoms with Crippen molar-refractivity contribution in [3.8, 4) is 33.4 Å². The summed E-state index contributed by atoms with van der Waals surface area (Å²) in [6.07, 6.45) is 0. The molecular weight excluding hydrogens is 755 g/mol. The SMILES string of the molecule is CC(C)(C)c1cc(-c2ccc(-c3cc(N(c4ccc5c(c4)C(C)(C)c4ccccc4-5)c4cccc5oc6ccccc6c45)c4c(c3)oc3ccccc34)cc2)cc(C(C)(C)C)c1. The second kappa shape index (κ2) is 13.6. The molecule has 0 atom stereocenters. The summed E-state index contributed by atoms with van der Waals surface area (Å²) in [5.41, 5.74) is 19.1. The average Bonchev–Trinajstić information content (AvgIpc) is 3.91. The van der Waals surface area contributed by atoms with Gasteiger partial charge in [0, 0.05) is 21.9 Å². The number of anilines is 3. The molecule has 10 aromatic rings. The van der Waals surface area contributed by atoms with Gasteiger partial charge < -0.3 is 13.7 Å². The minimum absolute atomic E-state index is 0.0336. The van der Waals surface area contributed by atoms with Crippen molar-refractivity contribution < 1.29 is 8.83 Å². The highest BCUT2D eigenvalue weighted by Gasteiger charge is 2.36. The largest absolute Gasteiger partial charge is 0.456 e. The van der Waals surface area contributed by atoms with E-state index in [2.05, 4.69) is 218 Å². The van der Waals surface area contributed by atoms with E-state index >= 15 is 0 Å². The molecule has 2 aromatic heterocycles. The van der Waals surface area contributed by atoms with Gasteiger partial charge in [-0.25, -0.2) is 0 Å². The van der Waals surface area contributed by atoms with Gasteiger partial charge >= 0.3 is 0 Å². The van der Waals surface area contributed by atoms with Crippen LogP contribution in [-0.2, 0) is 16.2 Å². The molecule has 62 heavy (non-hydrogen) atoms. The van der Waals surface area contributed by atoms with E-state index in [9.17, 15) is 0 Å². The lowest BCUT2D eigenvalue weighted by Gasteiger charge is -2.29. The molecule has 3 nitrogen and oxygen atoms in total. The molecule has 11 rings (SSSR count). The number of rotatable bonds is 5. The van der Waals surface area contributed by atoms with Gasteiger partial charge in [0.25, 0.3) is 0 Å². The van der Waals surface area contributed by atoms with Crippen LogP contribution in [0.3, 0.4) is 0 Å². The minimum Gasteiger partial charge on any atom is -0.456 e. The van der Waals surface area contributed by atoms with Crippen molar-refractivity contribution in [3.63, 3.8) is 0 Å². The van der Waals surface area contributed by atoms with Crippen molar-refractivity contribution in [2.45, 2.75) is 71.6 Å². The van der Waals surface area contributed by atoms with E-state index in [4.69, 9.17) is 8.83 Å². The Morgan fingerprint density at radius 1 is 0.403 bits per heavy atom. The van der Waals surface area contributed by atoms with E-state index in [1.54, 1.807) is 0 Å². The molecule has 0 spiro atoms. The molecule has 0 N–H and O–H groups in total. The van der Waals surface area contributed by atoms with E-state index in [-0.39, 0.29) is 16.2 Å². The van der Waals surface area contributed by atoms with E-state index in [1.165, 1.54) is 44.5 Å². The zero-order valence-electron chi connectivity index (χ0n) is 36.9. The minimum atomic E-state index is -0.177. The maximum Gasteiger partial charge on any atom is 0.138 e. The number of benzene rings is 8. The van der Waals surface area contributed by atoms with Gasteiger partial charge in [-0.15, -0.1) is 0 Å². The fourth-order valence-corrected chi connectivity index (χ4v) is 9.87. The first kappa shape index (κ1) is 38.1. The summed E-state index contributed by atoms with van der Waals surface area (Å²) in [5, 5.41) is 4.31. The van der Waals surface area contributed by atoms with Crippen molar-refractivity contribution in [2.24, 2.45) is 0 Å². The number of furan rings is 2. The van der Waals surface area contributed by atoms with Gasteiger partial charge in [0.1, 0.15) is 22.3 Å². The van der Waals surface area contributed by atoms with Crippen LogP contribution in [0.5, 0.6) is 0 Å². The Bertz CT molecular complexity index is 3370. The molecule has 3 heteroatoms. The van der Waals surface area contributed by atoms with Crippen LogP contribution in [0, 0.1) is 0 Å². The molecule has 8 aromatic carbocycles. The second-order valence-electron chi connectivity index (χ2n) is 19.8. The van der Waals surface area contributed by atoms with Crippen LogP contribution < -0.4 is 4.90 Å². The summed E-state index contributed by atoms with van der Waals surface area (Å²) in [6.45, 7) is 18.5. The highest BCUT2D eigenvalue weighted by atomic mass is 16.3. The predicted octanol–water partition coefficient (Wildman–Crippen LogP) is 17.2. The first-order valence-corrected chi connectivity index (χ1v) is 21.9. The Balaban J connectivity index is 1.16. The summed E-state index contributed by atoms with van der Waals surface area (Å²) < 4.78 is 13.4. The standard InChI is InChI=1S/C59H51NO2/c1-57(2,3)40-30-38(31-41(34-40)58(4,5)6)36-24-26-37(27-25-36)39-32-50(56-46-18-11-14-22-52(46)62-54(56)33-39)60(49-20-15-23-53-55(49)45-17-10-13-21-51(45)61-53)42-28-29-44-43-16-9-12-19-47(43)59(7,8)48(44)35-42/h9-35H,1-8H3. The average molecular weight is 806 g/mol. The normalized spacial score (nSPS) is 13.6. The zero-order valence-corrected chi connectivity index (χ0v) is 36.9. The molecule has 0 fully saturated rings. The van der Waals surface area contributed by atoms with Crippen LogP contribution in [0.4, 0.5) is 17.1 Å². The molecule has 1 aliphatic carbocycles. The Morgan fingerprint density at radius 2 is 0.935 bits per heavy atom. The molecule has 1 aliphatic rings. The van der Waals surface area contributed by atoms with Gasteiger partial charge in [-0.05, 0) is 115 Å². The lowest BCUT2D eigenvalue weighted by atomic mass is 9.79. The molecule has 2 heterocycles. The van der Waals surface area contributed by atoms with Gasteiger partial charge in [-0.2, -0.15) is 0 Å². The number of fused-ring (bicyclic) bond motifs is 9. The van der Waals surface area contributed by atoms with Crippen molar-refractivity contribution in [2.75, 3.05) is 4.90 Å². The van der Waals surface area contributed by atoms with Crippen LogP contribution >= 0.6 is 0 Å². The van der Waals surface area contributed by atoms with Crippen molar-refractivity contribution >= 4 is 60.9 Å². The van der Waals surface area contributed by atoms with Crippen LogP contribution in [0.25, 0.3) is 77.3 Å². The van der Waals surface area contributed by atoms with Gasteiger partial charge in [0.2, 0.25) is 0 Å². The lowest BCUT2D eigenvalue weighted by molar-refractivity contribution is 0.569. The topological polar surface area (TPSA) is 29.5 Å². The molecular formula is C59H51NO2. The monoisotopic (exact) mass is 805 g/mol. The summed E-state index contributed by atoms with van der Waals surface area (Å²) in [7, 11) is 0. The molecule has 0 aliphatic heterocycles. The highest BCUT2D eigenvalue weighted by molar-refractivity contribution is 6.18. The second-order valence-corrected chi connectivity index (χ2v) is 19.8. The third-order valence-corrected chi connectivity index (χ3v) is 13.4. The number of hydrogen-bond donors (Lipinski definition) is 0. The molecule has 0 bridgehead atoms. The van der Waals surface area contributed by atoms with Crippen LogP contribution in [0.15, 0.2) is 173 Å². The van der Waals surface area contributed by atoms with E-state index in [0.717, 1.165) is 72.1 Å².